The summed E-state index contributed by atoms with van der Waals surface area (Å²) in [7, 11) is -2.40. The zero-order chi connectivity index (χ0) is 14.6. The summed E-state index contributed by atoms with van der Waals surface area (Å²) in [5, 5.41) is 7.63. The fourth-order valence-corrected chi connectivity index (χ4v) is 2.19. The molecule has 1 heterocycles. The van der Waals surface area contributed by atoms with Gasteiger partial charge in [0.25, 0.3) is 10.1 Å². The molecule has 0 aliphatic carbocycles. The Morgan fingerprint density at radius 2 is 2.00 bits per heavy atom. The molecule has 1 N–H and O–H groups in total. The Hall–Kier alpha value is -1.93. The maximum absolute atomic E-state index is 10.8. The molecular formula is C12H15N3O4S. The highest BCUT2D eigenvalue weighted by Gasteiger charge is 2.10. The molecule has 2 aromatic rings. The first kappa shape index (κ1) is 14.5. The van der Waals surface area contributed by atoms with E-state index in [1.165, 1.54) is 6.33 Å². The molecule has 0 spiro atoms. The largest absolute Gasteiger partial charge is 0.497 e. The van der Waals surface area contributed by atoms with Gasteiger partial charge in [-0.2, -0.15) is 8.42 Å². The van der Waals surface area contributed by atoms with Gasteiger partial charge in [0.1, 0.15) is 17.9 Å². The molecule has 0 aliphatic rings. The number of benzene rings is 1. The van der Waals surface area contributed by atoms with E-state index in [0.717, 1.165) is 11.3 Å². The average Bonchev–Trinajstić information content (AvgIpc) is 2.84. The maximum atomic E-state index is 10.8. The van der Waals surface area contributed by atoms with Crippen LogP contribution < -0.4 is 4.74 Å². The van der Waals surface area contributed by atoms with E-state index in [-0.39, 0.29) is 12.2 Å². The molecule has 108 valence electrons. The van der Waals surface area contributed by atoms with Crippen molar-refractivity contribution in [3.63, 3.8) is 0 Å². The van der Waals surface area contributed by atoms with Crippen LogP contribution in [0.3, 0.4) is 0 Å². The second kappa shape index (κ2) is 6.02. The minimum atomic E-state index is -4.00. The molecule has 20 heavy (non-hydrogen) atoms. The summed E-state index contributed by atoms with van der Waals surface area (Å²) in [5.41, 5.74) is 1.01. The molecule has 0 amide bonds. The van der Waals surface area contributed by atoms with E-state index in [0.29, 0.717) is 12.4 Å². The standard InChI is InChI=1S/C12H15N3O4S/c1-19-11-4-2-10(3-5-11)8-15-9-13-14-12(15)6-7-20(16,17)18/h2-5,9H,6-8H2,1H3,(H,16,17,18). The third kappa shape index (κ3) is 4.04. The van der Waals surface area contributed by atoms with Gasteiger partial charge in [-0.15, -0.1) is 10.2 Å². The number of nitrogens with zero attached hydrogens (tertiary/aromatic N) is 3. The van der Waals surface area contributed by atoms with Crippen LogP contribution in [0.25, 0.3) is 0 Å². The fourth-order valence-electron chi connectivity index (χ4n) is 1.75. The Morgan fingerprint density at radius 1 is 1.30 bits per heavy atom. The predicted molar refractivity (Wildman–Crippen MR) is 72.2 cm³/mol. The van der Waals surface area contributed by atoms with Gasteiger partial charge >= 0.3 is 0 Å². The molecule has 0 atom stereocenters. The Bertz CT molecular complexity index is 664. The second-order valence-electron chi connectivity index (χ2n) is 4.26. The number of hydrogen-bond acceptors (Lipinski definition) is 5. The van der Waals surface area contributed by atoms with Crippen LogP contribution in [0, 0.1) is 0 Å². The Morgan fingerprint density at radius 3 is 2.60 bits per heavy atom. The van der Waals surface area contributed by atoms with E-state index < -0.39 is 10.1 Å². The summed E-state index contributed by atoms with van der Waals surface area (Å²) in [6.07, 6.45) is 1.65. The monoisotopic (exact) mass is 297 g/mol. The molecular weight excluding hydrogens is 282 g/mol. The molecule has 0 aliphatic heterocycles. The Labute approximate surface area is 117 Å². The van der Waals surface area contributed by atoms with Gasteiger partial charge in [-0.1, -0.05) is 12.1 Å². The first-order chi connectivity index (χ1) is 9.48. The summed E-state index contributed by atoms with van der Waals surface area (Å²) < 4.78 is 37.1. The Balaban J connectivity index is 2.07. The van der Waals surface area contributed by atoms with Crippen molar-refractivity contribution in [2.75, 3.05) is 12.9 Å². The van der Waals surface area contributed by atoms with Gasteiger partial charge in [0.15, 0.2) is 0 Å². The summed E-state index contributed by atoms with van der Waals surface area (Å²) >= 11 is 0. The summed E-state index contributed by atoms with van der Waals surface area (Å²) in [4.78, 5) is 0. The van der Waals surface area contributed by atoms with Gasteiger partial charge in [-0.3, -0.25) is 4.55 Å². The zero-order valence-electron chi connectivity index (χ0n) is 10.9. The third-order valence-electron chi connectivity index (χ3n) is 2.79. The topological polar surface area (TPSA) is 94.3 Å². The average molecular weight is 297 g/mol. The van der Waals surface area contributed by atoms with Gasteiger partial charge in [-0.05, 0) is 17.7 Å². The van der Waals surface area contributed by atoms with Gasteiger partial charge < -0.3 is 9.30 Å². The molecule has 8 heteroatoms. The van der Waals surface area contributed by atoms with E-state index in [1.807, 2.05) is 24.3 Å². The van der Waals surface area contributed by atoms with E-state index >= 15 is 0 Å². The number of aryl methyl sites for hydroxylation is 1. The van der Waals surface area contributed by atoms with E-state index in [1.54, 1.807) is 11.7 Å². The third-order valence-corrected chi connectivity index (χ3v) is 3.51. The van der Waals surface area contributed by atoms with Crippen molar-refractivity contribution in [1.29, 1.82) is 0 Å². The van der Waals surface area contributed by atoms with Crippen LogP contribution in [-0.2, 0) is 23.1 Å². The maximum Gasteiger partial charge on any atom is 0.265 e. The lowest BCUT2D eigenvalue weighted by Gasteiger charge is -2.07. The van der Waals surface area contributed by atoms with Crippen molar-refractivity contribution in [2.24, 2.45) is 0 Å². The molecule has 2 rings (SSSR count). The molecule has 1 aromatic carbocycles. The van der Waals surface area contributed by atoms with Crippen molar-refractivity contribution in [1.82, 2.24) is 14.8 Å². The number of ether oxygens (including phenoxy) is 1. The lowest BCUT2D eigenvalue weighted by molar-refractivity contribution is 0.414. The SMILES string of the molecule is COc1ccc(Cn2cnnc2CCS(=O)(=O)O)cc1. The van der Waals surface area contributed by atoms with Gasteiger partial charge in [0.05, 0.1) is 19.4 Å². The van der Waals surface area contributed by atoms with Crippen LogP contribution >= 0.6 is 0 Å². The van der Waals surface area contributed by atoms with Crippen molar-refractivity contribution >= 4 is 10.1 Å². The summed E-state index contributed by atoms with van der Waals surface area (Å²) in [5.74, 6) is 0.913. The molecule has 0 saturated heterocycles. The first-order valence-electron chi connectivity index (χ1n) is 5.93. The highest BCUT2D eigenvalue weighted by molar-refractivity contribution is 7.85. The van der Waals surface area contributed by atoms with Crippen molar-refractivity contribution in [3.05, 3.63) is 42.0 Å². The van der Waals surface area contributed by atoms with Crippen LogP contribution in [0.15, 0.2) is 30.6 Å². The number of hydrogen-bond donors (Lipinski definition) is 1. The smallest absolute Gasteiger partial charge is 0.265 e. The quantitative estimate of drug-likeness (QED) is 0.791. The number of rotatable bonds is 6. The fraction of sp³-hybridized carbons (Fsp3) is 0.333. The van der Waals surface area contributed by atoms with Gasteiger partial charge in [0.2, 0.25) is 0 Å². The molecule has 0 fully saturated rings. The number of methoxy groups -OCH3 is 1. The Kier molecular flexibility index (Phi) is 4.35. The van der Waals surface area contributed by atoms with Crippen LogP contribution in [0.1, 0.15) is 11.4 Å². The second-order valence-corrected chi connectivity index (χ2v) is 5.83. The molecule has 0 radical (unpaired) electrons. The molecule has 1 aromatic heterocycles. The molecule has 0 bridgehead atoms. The van der Waals surface area contributed by atoms with Crippen LogP contribution in [0.2, 0.25) is 0 Å². The molecule has 0 saturated carbocycles. The minimum absolute atomic E-state index is 0.120. The van der Waals surface area contributed by atoms with Crippen LogP contribution in [-0.4, -0.2) is 40.6 Å². The van der Waals surface area contributed by atoms with E-state index in [4.69, 9.17) is 9.29 Å². The highest BCUT2D eigenvalue weighted by atomic mass is 32.2. The minimum Gasteiger partial charge on any atom is -0.497 e. The van der Waals surface area contributed by atoms with Crippen molar-refractivity contribution in [2.45, 2.75) is 13.0 Å². The summed E-state index contributed by atoms with van der Waals surface area (Å²) in [6, 6.07) is 7.51. The van der Waals surface area contributed by atoms with E-state index in [2.05, 4.69) is 10.2 Å². The highest BCUT2D eigenvalue weighted by Crippen LogP contribution is 2.13. The lowest BCUT2D eigenvalue weighted by atomic mass is 10.2. The predicted octanol–water partition coefficient (Wildman–Crippen LogP) is 0.765. The van der Waals surface area contributed by atoms with E-state index in [9.17, 15) is 8.42 Å². The summed E-state index contributed by atoms with van der Waals surface area (Å²) in [6.45, 7) is 0.526. The zero-order valence-corrected chi connectivity index (χ0v) is 11.7. The van der Waals surface area contributed by atoms with Crippen LogP contribution in [0.4, 0.5) is 0 Å². The van der Waals surface area contributed by atoms with Crippen molar-refractivity contribution < 1.29 is 17.7 Å². The molecule has 0 unspecified atom stereocenters. The first-order valence-corrected chi connectivity index (χ1v) is 7.53. The van der Waals surface area contributed by atoms with Crippen LogP contribution in [0.5, 0.6) is 5.75 Å². The van der Waals surface area contributed by atoms with Gasteiger partial charge in [-0.25, -0.2) is 0 Å². The van der Waals surface area contributed by atoms with Gasteiger partial charge in [0, 0.05) is 6.42 Å². The van der Waals surface area contributed by atoms with Crippen molar-refractivity contribution in [3.8, 4) is 5.75 Å². The molecule has 7 nitrogen and oxygen atoms in total. The lowest BCUT2D eigenvalue weighted by Crippen LogP contribution is -2.11. The number of aromatic nitrogens is 3. The normalized spacial score (nSPS) is 11.5.